The number of hydrogen-bond acceptors (Lipinski definition) is 4. The van der Waals surface area contributed by atoms with Gasteiger partial charge in [0.25, 0.3) is 11.7 Å². The summed E-state index contributed by atoms with van der Waals surface area (Å²) in [5.41, 5.74) is 1.18. The van der Waals surface area contributed by atoms with Gasteiger partial charge in [-0.05, 0) is 42.7 Å². The number of hydrogen-bond donors (Lipinski definition) is 1. The van der Waals surface area contributed by atoms with E-state index in [9.17, 15) is 14.7 Å². The summed E-state index contributed by atoms with van der Waals surface area (Å²) in [6.45, 7) is 4.93. The third-order valence-electron chi connectivity index (χ3n) is 4.75. The molecule has 2 aromatic carbocycles. The van der Waals surface area contributed by atoms with Gasteiger partial charge in [0.1, 0.15) is 11.5 Å². The average molecular weight is 414 g/mol. The number of amides is 1. The molecule has 1 aliphatic rings. The Balaban J connectivity index is 2.14. The molecular weight excluding hydrogens is 390 g/mol. The van der Waals surface area contributed by atoms with Gasteiger partial charge in [-0.1, -0.05) is 49.7 Å². The van der Waals surface area contributed by atoms with Crippen LogP contribution in [0.5, 0.6) is 5.75 Å². The first-order chi connectivity index (χ1) is 14.0. The van der Waals surface area contributed by atoms with E-state index in [2.05, 4.69) is 0 Å². The molecule has 1 heterocycles. The van der Waals surface area contributed by atoms with Gasteiger partial charge in [0.2, 0.25) is 0 Å². The highest BCUT2D eigenvalue weighted by atomic mass is 35.5. The van der Waals surface area contributed by atoms with Crippen molar-refractivity contribution in [2.24, 2.45) is 0 Å². The Bertz CT molecular complexity index is 953. The van der Waals surface area contributed by atoms with Crippen LogP contribution >= 0.6 is 11.6 Å². The molecule has 1 saturated heterocycles. The molecule has 1 N–H and O–H groups in total. The van der Waals surface area contributed by atoms with Gasteiger partial charge >= 0.3 is 0 Å². The normalized spacial score (nSPS) is 18.3. The summed E-state index contributed by atoms with van der Waals surface area (Å²) in [6.07, 6.45) is 1.56. The van der Waals surface area contributed by atoms with Crippen molar-refractivity contribution in [3.8, 4) is 5.75 Å². The van der Waals surface area contributed by atoms with E-state index >= 15 is 0 Å². The second kappa shape index (κ2) is 9.14. The molecule has 0 aromatic heterocycles. The van der Waals surface area contributed by atoms with Gasteiger partial charge in [-0.25, -0.2) is 0 Å². The van der Waals surface area contributed by atoms with Crippen molar-refractivity contribution in [1.29, 1.82) is 0 Å². The van der Waals surface area contributed by atoms with Crippen LogP contribution in [0.2, 0.25) is 5.02 Å². The Kier molecular flexibility index (Phi) is 6.60. The molecule has 152 valence electrons. The Morgan fingerprint density at radius 3 is 2.55 bits per heavy atom. The zero-order chi connectivity index (χ0) is 21.0. The molecule has 1 fully saturated rings. The van der Waals surface area contributed by atoms with Gasteiger partial charge in [0.15, 0.2) is 0 Å². The zero-order valence-electron chi connectivity index (χ0n) is 16.5. The van der Waals surface area contributed by atoms with Crippen LogP contribution in [0.1, 0.15) is 43.9 Å². The van der Waals surface area contributed by atoms with Gasteiger partial charge < -0.3 is 14.7 Å². The predicted molar refractivity (Wildman–Crippen MR) is 113 cm³/mol. The number of likely N-dealkylation sites (tertiary alicyclic amines) is 1. The lowest BCUT2D eigenvalue weighted by Crippen LogP contribution is -2.30. The highest BCUT2D eigenvalue weighted by Gasteiger charge is 2.45. The lowest BCUT2D eigenvalue weighted by Gasteiger charge is -2.25. The lowest BCUT2D eigenvalue weighted by atomic mass is 9.95. The number of halogens is 1. The second-order valence-corrected chi connectivity index (χ2v) is 7.36. The Morgan fingerprint density at radius 2 is 1.86 bits per heavy atom. The first-order valence-electron chi connectivity index (χ1n) is 9.75. The monoisotopic (exact) mass is 413 g/mol. The van der Waals surface area contributed by atoms with Gasteiger partial charge in [0, 0.05) is 17.1 Å². The number of Topliss-reactive ketones (excluding diaryl/α,β-unsaturated/α-hetero) is 1. The van der Waals surface area contributed by atoms with Crippen molar-refractivity contribution >= 4 is 29.1 Å². The van der Waals surface area contributed by atoms with E-state index in [-0.39, 0.29) is 11.3 Å². The van der Waals surface area contributed by atoms with E-state index in [1.165, 1.54) is 4.90 Å². The average Bonchev–Trinajstić information content (AvgIpc) is 2.97. The van der Waals surface area contributed by atoms with E-state index in [0.717, 1.165) is 12.0 Å². The van der Waals surface area contributed by atoms with Gasteiger partial charge in [-0.2, -0.15) is 0 Å². The molecule has 0 aliphatic carbocycles. The number of rotatable bonds is 7. The molecule has 2 aromatic rings. The van der Waals surface area contributed by atoms with Crippen LogP contribution in [-0.2, 0) is 9.59 Å². The fourth-order valence-electron chi connectivity index (χ4n) is 3.48. The van der Waals surface area contributed by atoms with Crippen molar-refractivity contribution in [3.63, 3.8) is 0 Å². The topological polar surface area (TPSA) is 66.8 Å². The van der Waals surface area contributed by atoms with Crippen molar-refractivity contribution in [2.45, 2.75) is 32.7 Å². The van der Waals surface area contributed by atoms with Gasteiger partial charge in [-0.15, -0.1) is 0 Å². The minimum Gasteiger partial charge on any atom is -0.507 e. The fourth-order valence-corrected chi connectivity index (χ4v) is 3.67. The van der Waals surface area contributed by atoms with E-state index < -0.39 is 17.7 Å². The number of benzene rings is 2. The van der Waals surface area contributed by atoms with Crippen LogP contribution < -0.4 is 4.74 Å². The fraction of sp³-hybridized carbons (Fsp3) is 0.304. The van der Waals surface area contributed by atoms with Crippen LogP contribution in [0.4, 0.5) is 0 Å². The van der Waals surface area contributed by atoms with Crippen LogP contribution in [0.15, 0.2) is 54.1 Å². The first kappa shape index (κ1) is 20.9. The van der Waals surface area contributed by atoms with E-state index in [0.29, 0.717) is 35.9 Å². The van der Waals surface area contributed by atoms with Crippen LogP contribution in [0.25, 0.3) is 5.76 Å². The molecule has 0 bridgehead atoms. The number of aliphatic hydroxyl groups excluding tert-OH is 1. The largest absolute Gasteiger partial charge is 0.507 e. The summed E-state index contributed by atoms with van der Waals surface area (Å²) in [6, 6.07) is 13.2. The molecule has 1 unspecified atom stereocenters. The molecule has 1 amide bonds. The molecule has 29 heavy (non-hydrogen) atoms. The number of nitrogens with zero attached hydrogens (tertiary/aromatic N) is 1. The van der Waals surface area contributed by atoms with Crippen molar-refractivity contribution in [3.05, 3.63) is 70.3 Å². The predicted octanol–water partition coefficient (Wildman–Crippen LogP) is 4.96. The number of ether oxygens (including phenoxy) is 1. The summed E-state index contributed by atoms with van der Waals surface area (Å²) >= 11 is 6.05. The first-order valence-corrected chi connectivity index (χ1v) is 10.1. The van der Waals surface area contributed by atoms with Crippen molar-refractivity contribution in [2.75, 3.05) is 13.2 Å². The molecule has 5 nitrogen and oxygen atoms in total. The molecular formula is C23H24ClNO4. The van der Waals surface area contributed by atoms with E-state index in [1.54, 1.807) is 24.3 Å². The van der Waals surface area contributed by atoms with Crippen molar-refractivity contribution < 1.29 is 19.4 Å². The molecule has 0 spiro atoms. The summed E-state index contributed by atoms with van der Waals surface area (Å²) in [5.74, 6) is -0.871. The molecule has 0 radical (unpaired) electrons. The van der Waals surface area contributed by atoms with Crippen LogP contribution in [0.3, 0.4) is 0 Å². The third kappa shape index (κ3) is 4.30. The van der Waals surface area contributed by atoms with Gasteiger partial charge in [-0.3, -0.25) is 9.59 Å². The highest BCUT2D eigenvalue weighted by Crippen LogP contribution is 2.40. The smallest absolute Gasteiger partial charge is 0.295 e. The summed E-state index contributed by atoms with van der Waals surface area (Å²) in [7, 11) is 0. The Labute approximate surface area is 175 Å². The molecule has 3 rings (SSSR count). The molecule has 1 atom stereocenters. The quantitative estimate of drug-likeness (QED) is 0.395. The second-order valence-electron chi connectivity index (χ2n) is 6.92. The number of carbonyl (C=O) groups excluding carboxylic acids is 2. The number of carbonyl (C=O) groups is 2. The standard InChI is InChI=1S/C23H24ClNO4/c1-3-11-25-20(15-7-6-10-18(14-15)29-12-4-2)19(22(27)23(25)28)21(26)16-8-5-9-17(24)13-16/h5-10,13-14,20,26H,3-4,11-12H2,1-2H3/b21-19-. The molecule has 1 aliphatic heterocycles. The summed E-state index contributed by atoms with van der Waals surface area (Å²) in [4.78, 5) is 27.1. The van der Waals surface area contributed by atoms with Crippen LogP contribution in [0, 0.1) is 0 Å². The van der Waals surface area contributed by atoms with E-state index in [1.807, 2.05) is 38.1 Å². The zero-order valence-corrected chi connectivity index (χ0v) is 17.3. The number of ketones is 1. The number of aliphatic hydroxyl groups is 1. The highest BCUT2D eigenvalue weighted by molar-refractivity contribution is 6.46. The maximum Gasteiger partial charge on any atom is 0.295 e. The third-order valence-corrected chi connectivity index (χ3v) is 4.98. The minimum atomic E-state index is -0.694. The maximum absolute atomic E-state index is 12.9. The Hall–Kier alpha value is -2.79. The Morgan fingerprint density at radius 1 is 1.10 bits per heavy atom. The van der Waals surface area contributed by atoms with Crippen molar-refractivity contribution in [1.82, 2.24) is 4.90 Å². The summed E-state index contributed by atoms with van der Waals surface area (Å²) < 4.78 is 5.72. The lowest BCUT2D eigenvalue weighted by molar-refractivity contribution is -0.139. The SMILES string of the molecule is CCCOc1cccc(C2/C(=C(/O)c3cccc(Cl)c3)C(=O)C(=O)N2CCC)c1. The summed E-state index contributed by atoms with van der Waals surface area (Å²) in [5, 5.41) is 11.4. The van der Waals surface area contributed by atoms with Gasteiger partial charge in [0.05, 0.1) is 18.2 Å². The molecule has 0 saturated carbocycles. The maximum atomic E-state index is 12.9. The van der Waals surface area contributed by atoms with E-state index in [4.69, 9.17) is 16.3 Å². The minimum absolute atomic E-state index is 0.0679. The molecule has 6 heteroatoms. The van der Waals surface area contributed by atoms with Crippen LogP contribution in [-0.4, -0.2) is 34.8 Å².